The molecular formula is C14H12N2O4S. The molecule has 0 aliphatic heterocycles. The van der Waals surface area contributed by atoms with Crippen molar-refractivity contribution in [1.82, 2.24) is 0 Å². The Hall–Kier alpha value is -2.54. The SMILES string of the molecule is O=C(CSc1cccc[n+]1[O-])Nc1ccc(C(=O)O)cc1. The molecule has 2 N–H and O–H groups in total. The van der Waals surface area contributed by atoms with Crippen molar-refractivity contribution in [2.75, 3.05) is 11.1 Å². The third kappa shape index (κ3) is 4.22. The number of aromatic nitrogens is 1. The first kappa shape index (κ1) is 14.9. The number of carbonyl (C=O) groups excluding carboxylic acids is 1. The molecule has 1 aromatic carbocycles. The summed E-state index contributed by atoms with van der Waals surface area (Å²) in [4.78, 5) is 22.5. The standard InChI is InChI=1S/C14H12N2O4S/c17-12(9-21-13-3-1-2-8-16(13)20)15-11-6-4-10(5-7-11)14(18)19/h1-8H,9H2,(H,15,17)(H,18,19). The van der Waals surface area contributed by atoms with Crippen LogP contribution in [0.1, 0.15) is 10.4 Å². The van der Waals surface area contributed by atoms with E-state index in [0.717, 1.165) is 11.8 Å². The summed E-state index contributed by atoms with van der Waals surface area (Å²) in [5, 5.41) is 23.2. The fourth-order valence-corrected chi connectivity index (χ4v) is 2.27. The third-order valence-corrected chi connectivity index (χ3v) is 3.57. The van der Waals surface area contributed by atoms with Crippen molar-refractivity contribution >= 4 is 29.3 Å². The Morgan fingerprint density at radius 2 is 1.90 bits per heavy atom. The molecule has 1 aromatic heterocycles. The van der Waals surface area contributed by atoms with Gasteiger partial charge in [0.1, 0.15) is 0 Å². The first-order valence-electron chi connectivity index (χ1n) is 6.00. The molecular weight excluding hydrogens is 292 g/mol. The van der Waals surface area contributed by atoms with Crippen LogP contribution < -0.4 is 10.0 Å². The van der Waals surface area contributed by atoms with Crippen LogP contribution in [0.5, 0.6) is 0 Å². The maximum atomic E-state index is 11.8. The summed E-state index contributed by atoms with van der Waals surface area (Å²) in [6, 6.07) is 10.8. The molecule has 0 atom stereocenters. The van der Waals surface area contributed by atoms with Crippen molar-refractivity contribution in [3.63, 3.8) is 0 Å². The normalized spacial score (nSPS) is 10.1. The number of amides is 1. The third-order valence-electron chi connectivity index (χ3n) is 2.56. The van der Waals surface area contributed by atoms with E-state index >= 15 is 0 Å². The topological polar surface area (TPSA) is 93.3 Å². The van der Waals surface area contributed by atoms with Crippen LogP contribution in [-0.2, 0) is 4.79 Å². The van der Waals surface area contributed by atoms with Crippen LogP contribution in [0.25, 0.3) is 0 Å². The lowest BCUT2D eigenvalue weighted by molar-refractivity contribution is -0.645. The van der Waals surface area contributed by atoms with Crippen molar-refractivity contribution in [1.29, 1.82) is 0 Å². The summed E-state index contributed by atoms with van der Waals surface area (Å²) >= 11 is 1.13. The van der Waals surface area contributed by atoms with Gasteiger partial charge in [-0.05, 0) is 42.1 Å². The number of aromatic carboxylic acids is 1. The van der Waals surface area contributed by atoms with Gasteiger partial charge < -0.3 is 15.6 Å². The first-order chi connectivity index (χ1) is 10.1. The average molecular weight is 304 g/mol. The Balaban J connectivity index is 1.90. The van der Waals surface area contributed by atoms with Gasteiger partial charge in [0, 0.05) is 17.8 Å². The summed E-state index contributed by atoms with van der Waals surface area (Å²) < 4.78 is 0.694. The van der Waals surface area contributed by atoms with Gasteiger partial charge in [0.15, 0.2) is 6.20 Å². The number of rotatable bonds is 5. The number of thioether (sulfide) groups is 1. The maximum absolute atomic E-state index is 11.8. The second kappa shape index (κ2) is 6.76. The van der Waals surface area contributed by atoms with E-state index in [9.17, 15) is 14.8 Å². The molecule has 0 saturated heterocycles. The van der Waals surface area contributed by atoms with E-state index in [2.05, 4.69) is 5.32 Å². The van der Waals surface area contributed by atoms with Crippen molar-refractivity contribution in [3.05, 3.63) is 59.4 Å². The molecule has 0 bridgehead atoms. The number of hydrogen-bond donors (Lipinski definition) is 2. The molecule has 7 heteroatoms. The Bertz CT molecular complexity index is 658. The number of pyridine rings is 1. The molecule has 2 rings (SSSR count). The Kier molecular flexibility index (Phi) is 4.78. The van der Waals surface area contributed by atoms with Crippen LogP contribution in [0.15, 0.2) is 53.7 Å². The molecule has 108 valence electrons. The Morgan fingerprint density at radius 3 is 2.52 bits per heavy atom. The zero-order chi connectivity index (χ0) is 15.2. The van der Waals surface area contributed by atoms with E-state index in [-0.39, 0.29) is 17.2 Å². The summed E-state index contributed by atoms with van der Waals surface area (Å²) in [5.41, 5.74) is 0.660. The van der Waals surface area contributed by atoms with Crippen LogP contribution in [0.3, 0.4) is 0 Å². The van der Waals surface area contributed by atoms with Gasteiger partial charge in [-0.15, -0.1) is 0 Å². The molecule has 0 saturated carbocycles. The minimum Gasteiger partial charge on any atom is -0.618 e. The molecule has 0 spiro atoms. The van der Waals surface area contributed by atoms with Gasteiger partial charge in [0.25, 0.3) is 5.03 Å². The summed E-state index contributed by atoms with van der Waals surface area (Å²) in [6.45, 7) is 0. The van der Waals surface area contributed by atoms with Gasteiger partial charge in [0.05, 0.1) is 11.3 Å². The molecule has 0 unspecified atom stereocenters. The van der Waals surface area contributed by atoms with Crippen LogP contribution in [0, 0.1) is 5.21 Å². The van der Waals surface area contributed by atoms with Crippen LogP contribution in [0.2, 0.25) is 0 Å². The molecule has 1 heterocycles. The van der Waals surface area contributed by atoms with Gasteiger partial charge in [-0.1, -0.05) is 0 Å². The number of hydrogen-bond acceptors (Lipinski definition) is 4. The predicted molar refractivity (Wildman–Crippen MR) is 78.2 cm³/mol. The Morgan fingerprint density at radius 1 is 1.19 bits per heavy atom. The highest BCUT2D eigenvalue weighted by molar-refractivity contribution is 7.99. The van der Waals surface area contributed by atoms with E-state index in [1.165, 1.54) is 30.5 Å². The number of carbonyl (C=O) groups is 2. The first-order valence-corrected chi connectivity index (χ1v) is 6.99. The van der Waals surface area contributed by atoms with Crippen molar-refractivity contribution in [2.45, 2.75) is 5.03 Å². The number of carboxylic acid groups (broad SMARTS) is 1. The van der Waals surface area contributed by atoms with Crippen molar-refractivity contribution in [2.24, 2.45) is 0 Å². The highest BCUT2D eigenvalue weighted by Crippen LogP contribution is 2.14. The summed E-state index contributed by atoms with van der Waals surface area (Å²) in [7, 11) is 0. The average Bonchev–Trinajstić information content (AvgIpc) is 2.47. The van der Waals surface area contributed by atoms with Gasteiger partial charge >= 0.3 is 5.97 Å². The molecule has 21 heavy (non-hydrogen) atoms. The maximum Gasteiger partial charge on any atom is 0.335 e. The summed E-state index contributed by atoms with van der Waals surface area (Å²) in [6.07, 6.45) is 1.37. The van der Waals surface area contributed by atoms with Crippen LogP contribution in [0.4, 0.5) is 5.69 Å². The number of benzene rings is 1. The highest BCUT2D eigenvalue weighted by Gasteiger charge is 2.09. The van der Waals surface area contributed by atoms with Crippen molar-refractivity contribution < 1.29 is 19.4 Å². The number of carboxylic acids is 1. The minimum absolute atomic E-state index is 0.0902. The van der Waals surface area contributed by atoms with E-state index in [1.807, 2.05) is 0 Å². The van der Waals surface area contributed by atoms with Gasteiger partial charge in [0.2, 0.25) is 5.91 Å². The van der Waals surface area contributed by atoms with Gasteiger partial charge in [-0.3, -0.25) is 4.79 Å². The molecule has 0 aliphatic carbocycles. The number of anilines is 1. The van der Waals surface area contributed by atoms with Gasteiger partial charge in [-0.25, -0.2) is 4.79 Å². The van der Waals surface area contributed by atoms with E-state index < -0.39 is 5.97 Å². The van der Waals surface area contributed by atoms with Crippen LogP contribution >= 0.6 is 11.8 Å². The lowest BCUT2D eigenvalue weighted by Gasteiger charge is -2.05. The fourth-order valence-electron chi connectivity index (χ4n) is 1.56. The van der Waals surface area contributed by atoms with E-state index in [1.54, 1.807) is 18.2 Å². The minimum atomic E-state index is -1.02. The summed E-state index contributed by atoms with van der Waals surface area (Å²) in [5.74, 6) is -1.20. The lowest BCUT2D eigenvalue weighted by Crippen LogP contribution is -2.28. The van der Waals surface area contributed by atoms with Crippen molar-refractivity contribution in [3.8, 4) is 0 Å². The molecule has 6 nitrogen and oxygen atoms in total. The molecule has 2 aromatic rings. The predicted octanol–water partition coefficient (Wildman–Crippen LogP) is 1.75. The smallest absolute Gasteiger partial charge is 0.335 e. The zero-order valence-electron chi connectivity index (χ0n) is 10.9. The second-order valence-corrected chi connectivity index (χ2v) is 5.08. The molecule has 0 fully saturated rings. The Labute approximate surface area is 125 Å². The quantitative estimate of drug-likeness (QED) is 0.498. The highest BCUT2D eigenvalue weighted by atomic mass is 32.2. The number of nitrogens with zero attached hydrogens (tertiary/aromatic N) is 1. The number of nitrogens with one attached hydrogen (secondary N) is 1. The monoisotopic (exact) mass is 304 g/mol. The fraction of sp³-hybridized carbons (Fsp3) is 0.0714. The molecule has 0 aliphatic rings. The van der Waals surface area contributed by atoms with Crippen LogP contribution in [-0.4, -0.2) is 22.7 Å². The second-order valence-electron chi connectivity index (χ2n) is 4.08. The van der Waals surface area contributed by atoms with E-state index in [0.29, 0.717) is 15.4 Å². The largest absolute Gasteiger partial charge is 0.618 e. The van der Waals surface area contributed by atoms with E-state index in [4.69, 9.17) is 5.11 Å². The molecule has 0 radical (unpaired) electrons. The van der Waals surface area contributed by atoms with Gasteiger partial charge in [-0.2, -0.15) is 4.73 Å². The molecule has 1 amide bonds. The zero-order valence-corrected chi connectivity index (χ0v) is 11.7. The lowest BCUT2D eigenvalue weighted by atomic mass is 10.2.